The predicted octanol–water partition coefficient (Wildman–Crippen LogP) is 2.87. The zero-order valence-corrected chi connectivity index (χ0v) is 19.7. The Balaban J connectivity index is 1.40. The van der Waals surface area contributed by atoms with Gasteiger partial charge >= 0.3 is 0 Å². The minimum absolute atomic E-state index is 0.109. The van der Waals surface area contributed by atoms with Crippen molar-refractivity contribution in [3.8, 4) is 0 Å². The summed E-state index contributed by atoms with van der Waals surface area (Å²) in [5, 5.41) is 16.5. The molecule has 2 atom stereocenters. The summed E-state index contributed by atoms with van der Waals surface area (Å²) in [5.41, 5.74) is 4.16. The van der Waals surface area contributed by atoms with E-state index in [1.54, 1.807) is 10.9 Å². The molecule has 2 N–H and O–H groups in total. The van der Waals surface area contributed by atoms with Crippen molar-refractivity contribution in [3.63, 3.8) is 0 Å². The van der Waals surface area contributed by atoms with E-state index in [1.165, 1.54) is 11.3 Å². The molecular weight excluding hydrogens is 440 g/mol. The van der Waals surface area contributed by atoms with Crippen molar-refractivity contribution in [2.24, 2.45) is 0 Å². The van der Waals surface area contributed by atoms with Crippen molar-refractivity contribution < 1.29 is 9.84 Å². The van der Waals surface area contributed by atoms with Gasteiger partial charge < -0.3 is 20.1 Å². The molecule has 0 bridgehead atoms. The fourth-order valence-corrected chi connectivity index (χ4v) is 5.43. The molecule has 2 saturated heterocycles. The number of hydrogen-bond acceptors (Lipinski definition) is 6. The van der Waals surface area contributed by atoms with Gasteiger partial charge in [0.2, 0.25) is 0 Å². The predicted molar refractivity (Wildman–Crippen MR) is 138 cm³/mol. The lowest BCUT2D eigenvalue weighted by Gasteiger charge is -2.29. The minimum atomic E-state index is -0.713. The van der Waals surface area contributed by atoms with Crippen molar-refractivity contribution >= 4 is 27.4 Å². The molecule has 4 aromatic rings. The van der Waals surface area contributed by atoms with Crippen LogP contribution in [0.4, 0.5) is 5.69 Å². The summed E-state index contributed by atoms with van der Waals surface area (Å²) in [4.78, 5) is 20.7. The zero-order valence-electron chi connectivity index (χ0n) is 19.7. The Hall–Kier alpha value is -3.26. The first-order chi connectivity index (χ1) is 17.2. The fraction of sp³-hybridized carbons (Fsp3) is 0.357. The number of nitrogens with one attached hydrogen (secondary N) is 1. The van der Waals surface area contributed by atoms with Crippen molar-refractivity contribution in [2.75, 3.05) is 44.3 Å². The van der Waals surface area contributed by atoms with Crippen LogP contribution >= 0.6 is 0 Å². The van der Waals surface area contributed by atoms with Gasteiger partial charge in [0.15, 0.2) is 0 Å². The number of ether oxygens (including phenoxy) is 1. The monoisotopic (exact) mass is 470 g/mol. The Kier molecular flexibility index (Phi) is 5.98. The molecule has 3 aromatic carbocycles. The number of rotatable bonds is 4. The first-order valence-electron chi connectivity index (χ1n) is 12.4. The van der Waals surface area contributed by atoms with Crippen LogP contribution in [0, 0.1) is 0 Å². The van der Waals surface area contributed by atoms with E-state index in [2.05, 4.69) is 40.5 Å². The quantitative estimate of drug-likeness (QED) is 0.447. The smallest absolute Gasteiger partial charge is 0.261 e. The first kappa shape index (κ1) is 22.2. The number of aliphatic hydroxyl groups is 1. The van der Waals surface area contributed by atoms with Crippen LogP contribution in [-0.4, -0.2) is 60.2 Å². The van der Waals surface area contributed by atoms with E-state index in [0.717, 1.165) is 48.9 Å². The number of hydrogen-bond donors (Lipinski definition) is 2. The maximum Gasteiger partial charge on any atom is 0.261 e. The molecule has 2 aliphatic heterocycles. The lowest BCUT2D eigenvalue weighted by molar-refractivity contribution is -0.0395. The maximum absolute atomic E-state index is 13.6. The third kappa shape index (κ3) is 4.20. The van der Waals surface area contributed by atoms with Gasteiger partial charge in [-0.2, -0.15) is 0 Å². The van der Waals surface area contributed by atoms with Crippen LogP contribution in [0.25, 0.3) is 21.7 Å². The molecule has 0 radical (unpaired) electrons. The number of nitrogens with zero attached hydrogens (tertiary/aromatic N) is 3. The largest absolute Gasteiger partial charge is 0.389 e. The molecule has 180 valence electrons. The second-order valence-electron chi connectivity index (χ2n) is 9.51. The molecular formula is C28H30N4O3. The maximum atomic E-state index is 13.6. The number of piperazine rings is 1. The van der Waals surface area contributed by atoms with Gasteiger partial charge in [-0.1, -0.05) is 36.4 Å². The number of fused-ring (bicyclic) bond motifs is 3. The highest BCUT2D eigenvalue weighted by Gasteiger charge is 2.27. The van der Waals surface area contributed by atoms with E-state index in [4.69, 9.17) is 9.72 Å². The molecule has 35 heavy (non-hydrogen) atoms. The molecule has 7 heteroatoms. The van der Waals surface area contributed by atoms with Gasteiger partial charge in [-0.25, -0.2) is 4.98 Å². The van der Waals surface area contributed by atoms with Gasteiger partial charge in [-0.15, -0.1) is 0 Å². The zero-order chi connectivity index (χ0) is 23.8. The Morgan fingerprint density at radius 3 is 2.57 bits per heavy atom. The number of anilines is 1. The van der Waals surface area contributed by atoms with Crippen LogP contribution in [0.1, 0.15) is 23.6 Å². The number of aliphatic hydroxyl groups excluding tert-OH is 1. The Morgan fingerprint density at radius 2 is 1.80 bits per heavy atom. The van der Waals surface area contributed by atoms with E-state index in [-0.39, 0.29) is 18.2 Å². The average Bonchev–Trinajstić information content (AvgIpc) is 2.91. The lowest BCUT2D eigenvalue weighted by atomic mass is 9.95. The highest BCUT2D eigenvalue weighted by molar-refractivity contribution is 6.06. The van der Waals surface area contributed by atoms with E-state index < -0.39 is 6.10 Å². The van der Waals surface area contributed by atoms with Crippen LogP contribution in [0.5, 0.6) is 0 Å². The number of benzene rings is 3. The second-order valence-corrected chi connectivity index (χ2v) is 9.51. The third-order valence-corrected chi connectivity index (χ3v) is 7.34. The summed E-state index contributed by atoms with van der Waals surface area (Å²) in [5.74, 6) is 0. The molecule has 1 aromatic heterocycles. The minimum Gasteiger partial charge on any atom is -0.389 e. The SMILES string of the molecule is O=c1c2cc(Cc3ccc(N4CCNCC4)cc3)c3ccccc3c2ncn1[C@H]1CCOC[C@@H]1O. The van der Waals surface area contributed by atoms with Gasteiger partial charge in [0.1, 0.15) is 0 Å². The van der Waals surface area contributed by atoms with Crippen LogP contribution in [-0.2, 0) is 11.2 Å². The van der Waals surface area contributed by atoms with Crippen molar-refractivity contribution in [1.29, 1.82) is 0 Å². The molecule has 2 fully saturated rings. The molecule has 0 amide bonds. The van der Waals surface area contributed by atoms with Gasteiger partial charge in [0.25, 0.3) is 5.56 Å². The summed E-state index contributed by atoms with van der Waals surface area (Å²) in [6.07, 6.45) is 2.20. The van der Waals surface area contributed by atoms with Crippen LogP contribution < -0.4 is 15.8 Å². The topological polar surface area (TPSA) is 79.6 Å². The summed E-state index contributed by atoms with van der Waals surface area (Å²) in [6.45, 7) is 4.84. The molecule has 0 unspecified atom stereocenters. The van der Waals surface area contributed by atoms with Crippen molar-refractivity contribution in [1.82, 2.24) is 14.9 Å². The van der Waals surface area contributed by atoms with Gasteiger partial charge in [0, 0.05) is 43.9 Å². The van der Waals surface area contributed by atoms with E-state index in [1.807, 2.05) is 24.3 Å². The van der Waals surface area contributed by atoms with E-state index in [9.17, 15) is 9.90 Å². The van der Waals surface area contributed by atoms with E-state index in [0.29, 0.717) is 23.9 Å². The molecule has 0 saturated carbocycles. The standard InChI is InChI=1S/C28H30N4O3/c33-26-17-35-14-9-25(26)32-18-30-27-23-4-2-1-3-22(23)20(16-24(27)28(32)34)15-19-5-7-21(8-6-19)31-12-10-29-11-13-31/h1-8,16,18,25-26,29,33H,9-15,17H2/t25-,26-/m0/s1. The van der Waals surface area contributed by atoms with Crippen LogP contribution in [0.2, 0.25) is 0 Å². The lowest BCUT2D eigenvalue weighted by Crippen LogP contribution is -2.43. The van der Waals surface area contributed by atoms with Crippen LogP contribution in [0.15, 0.2) is 65.7 Å². The summed E-state index contributed by atoms with van der Waals surface area (Å²) < 4.78 is 6.95. The average molecular weight is 471 g/mol. The molecule has 6 rings (SSSR count). The molecule has 0 aliphatic carbocycles. The highest BCUT2D eigenvalue weighted by atomic mass is 16.5. The Bertz CT molecular complexity index is 1410. The normalized spacial score (nSPS) is 21.0. The third-order valence-electron chi connectivity index (χ3n) is 7.34. The molecule has 0 spiro atoms. The fourth-order valence-electron chi connectivity index (χ4n) is 5.43. The van der Waals surface area contributed by atoms with Gasteiger partial charge in [-0.05, 0) is 47.6 Å². The van der Waals surface area contributed by atoms with Crippen molar-refractivity contribution in [2.45, 2.75) is 25.0 Å². The summed E-state index contributed by atoms with van der Waals surface area (Å²) >= 11 is 0. The summed E-state index contributed by atoms with van der Waals surface area (Å²) in [7, 11) is 0. The van der Waals surface area contributed by atoms with Gasteiger partial charge in [-0.3, -0.25) is 9.36 Å². The molecule has 7 nitrogen and oxygen atoms in total. The van der Waals surface area contributed by atoms with Crippen LogP contribution in [0.3, 0.4) is 0 Å². The van der Waals surface area contributed by atoms with Crippen molar-refractivity contribution in [3.05, 3.63) is 82.4 Å². The second kappa shape index (κ2) is 9.41. The Morgan fingerprint density at radius 1 is 1.03 bits per heavy atom. The first-order valence-corrected chi connectivity index (χ1v) is 12.4. The highest BCUT2D eigenvalue weighted by Crippen LogP contribution is 2.29. The molecule has 3 heterocycles. The number of aromatic nitrogens is 2. The summed E-state index contributed by atoms with van der Waals surface area (Å²) in [6, 6.07) is 18.6. The molecule has 2 aliphatic rings. The Labute approximate surface area is 204 Å². The van der Waals surface area contributed by atoms with E-state index >= 15 is 0 Å². The van der Waals surface area contributed by atoms with Gasteiger partial charge in [0.05, 0.1) is 36.0 Å².